The zero-order valence-corrected chi connectivity index (χ0v) is 18.9. The molecule has 2 aliphatic rings. The van der Waals surface area contributed by atoms with E-state index in [1.807, 2.05) is 34.9 Å². The average molecular weight is 420 g/mol. The molecule has 0 unspecified atom stereocenters. The van der Waals surface area contributed by atoms with E-state index in [-0.39, 0.29) is 17.9 Å². The SMILES string of the molecule is Cc1ccc(N2CCCN(Cc3ccc(C)c(C)c3)C2=O)c(NC(=O)C2CCCC2)c1. The van der Waals surface area contributed by atoms with Gasteiger partial charge in [0.1, 0.15) is 0 Å². The third-order valence-electron chi connectivity index (χ3n) is 6.68. The first-order valence-corrected chi connectivity index (χ1v) is 11.5. The summed E-state index contributed by atoms with van der Waals surface area (Å²) in [6.07, 6.45) is 5.06. The lowest BCUT2D eigenvalue weighted by molar-refractivity contribution is -0.119. The highest BCUT2D eigenvalue weighted by molar-refractivity contribution is 6.01. The lowest BCUT2D eigenvalue weighted by atomic mass is 10.1. The summed E-state index contributed by atoms with van der Waals surface area (Å²) >= 11 is 0. The molecule has 1 saturated carbocycles. The number of amides is 3. The Balaban J connectivity index is 1.54. The molecule has 1 heterocycles. The summed E-state index contributed by atoms with van der Waals surface area (Å²) in [5.74, 6) is 0.174. The predicted octanol–water partition coefficient (Wildman–Crippen LogP) is 5.57. The highest BCUT2D eigenvalue weighted by atomic mass is 16.2. The van der Waals surface area contributed by atoms with E-state index in [2.05, 4.69) is 37.4 Å². The highest BCUT2D eigenvalue weighted by Crippen LogP contribution is 2.32. The molecule has 0 atom stereocenters. The van der Waals surface area contributed by atoms with Gasteiger partial charge in [-0.15, -0.1) is 0 Å². The fraction of sp³-hybridized carbons (Fsp3) is 0.462. The van der Waals surface area contributed by atoms with Gasteiger partial charge in [0.2, 0.25) is 5.91 Å². The van der Waals surface area contributed by atoms with Crippen LogP contribution in [-0.4, -0.2) is 29.9 Å². The van der Waals surface area contributed by atoms with Crippen LogP contribution in [0.4, 0.5) is 16.2 Å². The van der Waals surface area contributed by atoms with Crippen molar-refractivity contribution in [1.82, 2.24) is 4.90 Å². The Labute approximate surface area is 185 Å². The topological polar surface area (TPSA) is 52.6 Å². The number of rotatable bonds is 5. The number of carbonyl (C=O) groups excluding carboxylic acids is 2. The van der Waals surface area contributed by atoms with Crippen LogP contribution in [0.1, 0.15) is 54.4 Å². The van der Waals surface area contributed by atoms with E-state index in [4.69, 9.17) is 0 Å². The van der Waals surface area contributed by atoms with Crippen molar-refractivity contribution < 1.29 is 9.59 Å². The molecular formula is C26H33N3O2. The predicted molar refractivity (Wildman–Crippen MR) is 125 cm³/mol. The number of aryl methyl sites for hydroxylation is 3. The molecule has 2 aromatic carbocycles. The van der Waals surface area contributed by atoms with Crippen molar-refractivity contribution in [3.8, 4) is 0 Å². The van der Waals surface area contributed by atoms with Gasteiger partial charge in [0.25, 0.3) is 0 Å². The van der Waals surface area contributed by atoms with E-state index in [0.29, 0.717) is 13.1 Å². The Morgan fingerprint density at radius 1 is 0.968 bits per heavy atom. The maximum atomic E-state index is 13.4. The minimum atomic E-state index is 0.00435. The Hall–Kier alpha value is -2.82. The number of nitrogens with one attached hydrogen (secondary N) is 1. The van der Waals surface area contributed by atoms with Gasteiger partial charge in [0.15, 0.2) is 0 Å². The van der Waals surface area contributed by atoms with Crippen molar-refractivity contribution in [3.05, 3.63) is 58.7 Å². The molecular weight excluding hydrogens is 386 g/mol. The minimum absolute atomic E-state index is 0.00435. The maximum absolute atomic E-state index is 13.4. The fourth-order valence-corrected chi connectivity index (χ4v) is 4.68. The first kappa shape index (κ1) is 21.4. The number of benzene rings is 2. The molecule has 4 rings (SSSR count). The normalized spacial score (nSPS) is 17.3. The van der Waals surface area contributed by atoms with E-state index in [1.165, 1.54) is 11.1 Å². The molecule has 0 radical (unpaired) electrons. The van der Waals surface area contributed by atoms with Gasteiger partial charge < -0.3 is 10.2 Å². The van der Waals surface area contributed by atoms with Crippen LogP contribution >= 0.6 is 0 Å². The number of carbonyl (C=O) groups is 2. The fourth-order valence-electron chi connectivity index (χ4n) is 4.68. The zero-order chi connectivity index (χ0) is 22.0. The van der Waals surface area contributed by atoms with Crippen LogP contribution in [0.25, 0.3) is 0 Å². The van der Waals surface area contributed by atoms with Gasteiger partial charge in [0, 0.05) is 25.6 Å². The Morgan fingerprint density at radius 3 is 2.48 bits per heavy atom. The Bertz CT molecular complexity index is 979. The van der Waals surface area contributed by atoms with Crippen molar-refractivity contribution in [2.45, 2.75) is 59.4 Å². The molecule has 0 aromatic heterocycles. The van der Waals surface area contributed by atoms with Crippen LogP contribution in [0.3, 0.4) is 0 Å². The average Bonchev–Trinajstić information content (AvgIpc) is 3.28. The van der Waals surface area contributed by atoms with Crippen molar-refractivity contribution in [1.29, 1.82) is 0 Å². The first-order valence-electron chi connectivity index (χ1n) is 11.5. The van der Waals surface area contributed by atoms with Crippen LogP contribution in [0.2, 0.25) is 0 Å². The number of hydrogen-bond acceptors (Lipinski definition) is 2. The first-order chi connectivity index (χ1) is 14.9. The molecule has 164 valence electrons. The molecule has 5 nitrogen and oxygen atoms in total. The van der Waals surface area contributed by atoms with Gasteiger partial charge in [-0.05, 0) is 74.4 Å². The Morgan fingerprint density at radius 2 is 1.74 bits per heavy atom. The van der Waals surface area contributed by atoms with E-state index < -0.39 is 0 Å². The smallest absolute Gasteiger partial charge is 0.324 e. The van der Waals surface area contributed by atoms with Gasteiger partial charge in [-0.25, -0.2) is 4.79 Å². The van der Waals surface area contributed by atoms with Crippen molar-refractivity contribution in [2.24, 2.45) is 5.92 Å². The van der Waals surface area contributed by atoms with E-state index in [9.17, 15) is 9.59 Å². The van der Waals surface area contributed by atoms with Crippen molar-refractivity contribution in [3.63, 3.8) is 0 Å². The summed E-state index contributed by atoms with van der Waals surface area (Å²) in [6.45, 7) is 8.24. The van der Waals surface area contributed by atoms with Crippen LogP contribution in [0, 0.1) is 26.7 Å². The quantitative estimate of drug-likeness (QED) is 0.688. The third-order valence-corrected chi connectivity index (χ3v) is 6.68. The molecule has 1 aliphatic carbocycles. The van der Waals surface area contributed by atoms with E-state index in [0.717, 1.165) is 61.2 Å². The van der Waals surface area contributed by atoms with Gasteiger partial charge >= 0.3 is 6.03 Å². The molecule has 31 heavy (non-hydrogen) atoms. The molecule has 1 aliphatic heterocycles. The summed E-state index contributed by atoms with van der Waals surface area (Å²) < 4.78 is 0. The Kier molecular flexibility index (Phi) is 6.30. The van der Waals surface area contributed by atoms with Gasteiger partial charge in [0.05, 0.1) is 11.4 Å². The maximum Gasteiger partial charge on any atom is 0.324 e. The molecule has 0 spiro atoms. The van der Waals surface area contributed by atoms with Crippen LogP contribution in [0.15, 0.2) is 36.4 Å². The van der Waals surface area contributed by atoms with Gasteiger partial charge in [-0.3, -0.25) is 9.69 Å². The van der Waals surface area contributed by atoms with E-state index >= 15 is 0 Å². The van der Waals surface area contributed by atoms with Crippen LogP contribution in [-0.2, 0) is 11.3 Å². The highest BCUT2D eigenvalue weighted by Gasteiger charge is 2.30. The van der Waals surface area contributed by atoms with Gasteiger partial charge in [-0.1, -0.05) is 37.1 Å². The summed E-state index contributed by atoms with van der Waals surface area (Å²) in [7, 11) is 0. The summed E-state index contributed by atoms with van der Waals surface area (Å²) in [6, 6.07) is 12.4. The van der Waals surface area contributed by atoms with Crippen LogP contribution < -0.4 is 10.2 Å². The molecule has 1 saturated heterocycles. The zero-order valence-electron chi connectivity index (χ0n) is 18.9. The second-order valence-electron chi connectivity index (χ2n) is 9.12. The molecule has 1 N–H and O–H groups in total. The van der Waals surface area contributed by atoms with Crippen molar-refractivity contribution in [2.75, 3.05) is 23.3 Å². The largest absolute Gasteiger partial charge is 0.324 e. The summed E-state index contributed by atoms with van der Waals surface area (Å²) in [5.41, 5.74) is 6.27. The lowest BCUT2D eigenvalue weighted by Gasteiger charge is -2.36. The molecule has 3 amide bonds. The number of anilines is 2. The molecule has 0 bridgehead atoms. The molecule has 2 fully saturated rings. The molecule has 5 heteroatoms. The van der Waals surface area contributed by atoms with Gasteiger partial charge in [-0.2, -0.15) is 0 Å². The summed E-state index contributed by atoms with van der Waals surface area (Å²) in [4.78, 5) is 29.9. The second-order valence-corrected chi connectivity index (χ2v) is 9.12. The second kappa shape index (κ2) is 9.13. The van der Waals surface area contributed by atoms with Crippen LogP contribution in [0.5, 0.6) is 0 Å². The standard InChI is InChI=1S/C26H33N3O2/c1-18-9-12-24(23(15-18)27-25(30)22-7-4-5-8-22)29-14-6-13-28(26(29)31)17-21-11-10-19(2)20(3)16-21/h9-12,15-16,22H,4-8,13-14,17H2,1-3H3,(H,27,30). The number of nitrogens with zero attached hydrogens (tertiary/aromatic N) is 2. The number of urea groups is 1. The minimum Gasteiger partial charge on any atom is -0.324 e. The lowest BCUT2D eigenvalue weighted by Crippen LogP contribution is -2.49. The monoisotopic (exact) mass is 419 g/mol. The summed E-state index contributed by atoms with van der Waals surface area (Å²) in [5, 5.41) is 3.14. The number of hydrogen-bond donors (Lipinski definition) is 1. The molecule has 2 aromatic rings. The van der Waals surface area contributed by atoms with E-state index in [1.54, 1.807) is 0 Å². The van der Waals surface area contributed by atoms with Crippen molar-refractivity contribution >= 4 is 23.3 Å². The third kappa shape index (κ3) is 4.76.